The zero-order valence-electron chi connectivity index (χ0n) is 6.90. The Balaban J connectivity index is 2.75. The summed E-state index contributed by atoms with van der Waals surface area (Å²) in [6.07, 6.45) is 0.501. The fourth-order valence-corrected chi connectivity index (χ4v) is 1.17. The van der Waals surface area contributed by atoms with Crippen molar-refractivity contribution in [3.05, 3.63) is 35.9 Å². The molecular formula is C10H12N2. The molecule has 0 amide bonds. The minimum Gasteiger partial charge on any atom is -0.330 e. The number of hydrogen-bond acceptors (Lipinski definition) is 2. The van der Waals surface area contributed by atoms with Gasteiger partial charge in [0.05, 0.1) is 6.07 Å². The lowest BCUT2D eigenvalue weighted by atomic mass is 9.97. The molecule has 0 fully saturated rings. The minimum absolute atomic E-state index is 0.191. The standard InChI is InChI=1S/C10H12N2/c11-7-6-10(8-12)9-4-2-1-3-5-9/h1-5,10H,6,8,12H2/t10-/m1/s1. The maximum absolute atomic E-state index is 8.52. The molecule has 1 atom stereocenters. The third-order valence-corrected chi connectivity index (χ3v) is 1.89. The van der Waals surface area contributed by atoms with E-state index in [0.29, 0.717) is 13.0 Å². The molecule has 12 heavy (non-hydrogen) atoms. The Morgan fingerprint density at radius 2 is 2.00 bits per heavy atom. The molecule has 0 aromatic heterocycles. The summed E-state index contributed by atoms with van der Waals surface area (Å²) in [6.45, 7) is 0.539. The van der Waals surface area contributed by atoms with Crippen LogP contribution in [0, 0.1) is 11.3 Å². The first-order valence-corrected chi connectivity index (χ1v) is 4.00. The summed E-state index contributed by atoms with van der Waals surface area (Å²) in [6, 6.07) is 12.1. The molecule has 0 heterocycles. The monoisotopic (exact) mass is 160 g/mol. The Labute approximate surface area is 72.6 Å². The molecule has 0 aliphatic carbocycles. The van der Waals surface area contributed by atoms with Crippen LogP contribution in [-0.2, 0) is 0 Å². The van der Waals surface area contributed by atoms with E-state index in [-0.39, 0.29) is 5.92 Å². The van der Waals surface area contributed by atoms with E-state index >= 15 is 0 Å². The third kappa shape index (κ3) is 2.08. The van der Waals surface area contributed by atoms with Crippen molar-refractivity contribution in [3.8, 4) is 6.07 Å². The molecule has 2 nitrogen and oxygen atoms in total. The van der Waals surface area contributed by atoms with Crippen LogP contribution in [0.2, 0.25) is 0 Å². The number of hydrogen-bond donors (Lipinski definition) is 1. The van der Waals surface area contributed by atoms with E-state index in [1.54, 1.807) is 0 Å². The topological polar surface area (TPSA) is 49.8 Å². The van der Waals surface area contributed by atoms with Gasteiger partial charge in [-0.05, 0) is 5.56 Å². The van der Waals surface area contributed by atoms with Crippen molar-refractivity contribution in [2.75, 3.05) is 6.54 Å². The molecule has 0 bridgehead atoms. The number of nitriles is 1. The highest BCUT2D eigenvalue weighted by atomic mass is 14.5. The van der Waals surface area contributed by atoms with Crippen molar-refractivity contribution in [1.29, 1.82) is 5.26 Å². The summed E-state index contributed by atoms with van der Waals surface area (Å²) in [4.78, 5) is 0. The highest BCUT2D eigenvalue weighted by Gasteiger charge is 2.07. The van der Waals surface area contributed by atoms with Crippen LogP contribution in [0.5, 0.6) is 0 Å². The first-order valence-electron chi connectivity index (χ1n) is 4.00. The van der Waals surface area contributed by atoms with Crippen molar-refractivity contribution < 1.29 is 0 Å². The first-order chi connectivity index (χ1) is 5.88. The first kappa shape index (κ1) is 8.76. The van der Waals surface area contributed by atoms with Crippen molar-refractivity contribution in [2.24, 2.45) is 5.73 Å². The third-order valence-electron chi connectivity index (χ3n) is 1.89. The highest BCUT2D eigenvalue weighted by Crippen LogP contribution is 2.16. The van der Waals surface area contributed by atoms with Gasteiger partial charge in [-0.25, -0.2) is 0 Å². The van der Waals surface area contributed by atoms with Crippen molar-refractivity contribution in [2.45, 2.75) is 12.3 Å². The molecule has 0 aliphatic rings. The van der Waals surface area contributed by atoms with Gasteiger partial charge in [-0.2, -0.15) is 5.26 Å². The molecule has 0 saturated carbocycles. The Hall–Kier alpha value is -1.33. The predicted molar refractivity (Wildman–Crippen MR) is 48.5 cm³/mol. The van der Waals surface area contributed by atoms with E-state index < -0.39 is 0 Å². The fraction of sp³-hybridized carbons (Fsp3) is 0.300. The lowest BCUT2D eigenvalue weighted by molar-refractivity contribution is 0.717. The van der Waals surface area contributed by atoms with Crippen LogP contribution in [0.1, 0.15) is 17.9 Å². The summed E-state index contributed by atoms with van der Waals surface area (Å²) in [5.41, 5.74) is 6.69. The molecule has 0 spiro atoms. The van der Waals surface area contributed by atoms with Crippen LogP contribution in [-0.4, -0.2) is 6.54 Å². The maximum Gasteiger partial charge on any atom is 0.0628 e. The van der Waals surface area contributed by atoms with Crippen molar-refractivity contribution >= 4 is 0 Å². The van der Waals surface area contributed by atoms with Crippen LogP contribution in [0.3, 0.4) is 0 Å². The average molecular weight is 160 g/mol. The molecule has 0 saturated heterocycles. The number of nitrogens with two attached hydrogens (primary N) is 1. The Morgan fingerprint density at radius 3 is 2.50 bits per heavy atom. The lowest BCUT2D eigenvalue weighted by Gasteiger charge is -2.09. The van der Waals surface area contributed by atoms with Gasteiger partial charge >= 0.3 is 0 Å². The van der Waals surface area contributed by atoms with Gasteiger partial charge in [-0.3, -0.25) is 0 Å². The normalized spacial score (nSPS) is 12.0. The van der Waals surface area contributed by atoms with Gasteiger partial charge < -0.3 is 5.73 Å². The Bertz CT molecular complexity index is 261. The molecule has 0 unspecified atom stereocenters. The summed E-state index contributed by atoms with van der Waals surface area (Å²) in [7, 11) is 0. The van der Waals surface area contributed by atoms with Crippen LogP contribution in [0.15, 0.2) is 30.3 Å². The van der Waals surface area contributed by atoms with E-state index in [0.717, 1.165) is 5.56 Å². The van der Waals surface area contributed by atoms with E-state index in [4.69, 9.17) is 11.0 Å². The lowest BCUT2D eigenvalue weighted by Crippen LogP contribution is -2.11. The van der Waals surface area contributed by atoms with Gasteiger partial charge in [0.2, 0.25) is 0 Å². The molecule has 1 aromatic carbocycles. The molecule has 0 aliphatic heterocycles. The van der Waals surface area contributed by atoms with Gasteiger partial charge in [0.1, 0.15) is 0 Å². The maximum atomic E-state index is 8.52. The van der Waals surface area contributed by atoms with E-state index in [1.807, 2.05) is 30.3 Å². The average Bonchev–Trinajstić information content (AvgIpc) is 2.15. The zero-order chi connectivity index (χ0) is 8.81. The second-order valence-electron chi connectivity index (χ2n) is 2.71. The van der Waals surface area contributed by atoms with Crippen LogP contribution >= 0.6 is 0 Å². The fourth-order valence-electron chi connectivity index (χ4n) is 1.17. The number of benzene rings is 1. The summed E-state index contributed by atoms with van der Waals surface area (Å²) >= 11 is 0. The number of nitrogens with zero attached hydrogens (tertiary/aromatic N) is 1. The second kappa shape index (κ2) is 4.53. The summed E-state index contributed by atoms with van der Waals surface area (Å²) in [5.74, 6) is 0.191. The highest BCUT2D eigenvalue weighted by molar-refractivity contribution is 5.20. The molecular weight excluding hydrogens is 148 g/mol. The Morgan fingerprint density at radius 1 is 1.33 bits per heavy atom. The van der Waals surface area contributed by atoms with Gasteiger partial charge in [0, 0.05) is 18.9 Å². The van der Waals surface area contributed by atoms with Gasteiger partial charge in [0.15, 0.2) is 0 Å². The molecule has 2 N–H and O–H groups in total. The molecule has 1 rings (SSSR count). The molecule has 1 aromatic rings. The smallest absolute Gasteiger partial charge is 0.0628 e. The van der Waals surface area contributed by atoms with Crippen molar-refractivity contribution in [3.63, 3.8) is 0 Å². The Kier molecular flexibility index (Phi) is 3.31. The molecule has 0 radical (unpaired) electrons. The minimum atomic E-state index is 0.191. The van der Waals surface area contributed by atoms with Gasteiger partial charge in [-0.15, -0.1) is 0 Å². The van der Waals surface area contributed by atoms with E-state index in [9.17, 15) is 0 Å². The molecule has 2 heteroatoms. The van der Waals surface area contributed by atoms with Crippen molar-refractivity contribution in [1.82, 2.24) is 0 Å². The number of rotatable bonds is 3. The molecule has 62 valence electrons. The SMILES string of the molecule is N#CC[C@H](CN)c1ccccc1. The van der Waals surface area contributed by atoms with Gasteiger partial charge in [0.25, 0.3) is 0 Å². The quantitative estimate of drug-likeness (QED) is 0.730. The summed E-state index contributed by atoms with van der Waals surface area (Å²) in [5, 5.41) is 8.52. The van der Waals surface area contributed by atoms with E-state index in [2.05, 4.69) is 6.07 Å². The largest absolute Gasteiger partial charge is 0.330 e. The van der Waals surface area contributed by atoms with Crippen LogP contribution in [0.25, 0.3) is 0 Å². The summed E-state index contributed by atoms with van der Waals surface area (Å²) < 4.78 is 0. The van der Waals surface area contributed by atoms with E-state index in [1.165, 1.54) is 0 Å². The van der Waals surface area contributed by atoms with Crippen LogP contribution in [0.4, 0.5) is 0 Å². The zero-order valence-corrected chi connectivity index (χ0v) is 6.90. The second-order valence-corrected chi connectivity index (χ2v) is 2.71. The predicted octanol–water partition coefficient (Wildman–Crippen LogP) is 1.64. The van der Waals surface area contributed by atoms with Crippen LogP contribution < -0.4 is 5.73 Å². The van der Waals surface area contributed by atoms with Gasteiger partial charge in [-0.1, -0.05) is 30.3 Å².